The predicted molar refractivity (Wildman–Crippen MR) is 106 cm³/mol. The topological polar surface area (TPSA) is 54.0 Å². The molecule has 6 heteroatoms. The largest absolute Gasteiger partial charge is 0.493 e. The fourth-order valence-electron chi connectivity index (χ4n) is 2.78. The molecule has 2 rings (SSSR count). The predicted octanol–water partition coefficient (Wildman–Crippen LogP) is 4.95. The van der Waals surface area contributed by atoms with Gasteiger partial charge < -0.3 is 18.9 Å². The molecule has 0 N–H and O–H groups in total. The summed E-state index contributed by atoms with van der Waals surface area (Å²) in [5.74, 6) is 1.82. The average molecular weight is 393 g/mol. The van der Waals surface area contributed by atoms with Gasteiger partial charge in [-0.2, -0.15) is 0 Å². The Morgan fingerprint density at radius 3 is 2.04 bits per heavy atom. The molecular formula is C21H25ClO5. The molecule has 0 atom stereocenters. The Bertz CT molecular complexity index is 805. The van der Waals surface area contributed by atoms with Crippen LogP contribution in [0.15, 0.2) is 24.3 Å². The highest BCUT2D eigenvalue weighted by Crippen LogP contribution is 2.38. The van der Waals surface area contributed by atoms with Gasteiger partial charge in [-0.1, -0.05) is 25.4 Å². The second-order valence-electron chi connectivity index (χ2n) is 6.48. The summed E-state index contributed by atoms with van der Waals surface area (Å²) in [6, 6.07) is 7.11. The van der Waals surface area contributed by atoms with Crippen molar-refractivity contribution in [3.8, 4) is 23.0 Å². The van der Waals surface area contributed by atoms with Gasteiger partial charge in [0.05, 0.1) is 27.8 Å². The standard InChI is InChI=1S/C21H25ClO5/c1-12(2)15-11-17(13(3)7-16(15)22)27-20(23)10-14-8-18(24-4)21(26-6)19(9-14)25-5/h7-9,11-12H,10H2,1-6H3. The Labute approximate surface area is 165 Å². The highest BCUT2D eigenvalue weighted by atomic mass is 35.5. The van der Waals surface area contributed by atoms with Gasteiger partial charge in [0.1, 0.15) is 5.75 Å². The van der Waals surface area contributed by atoms with E-state index in [4.69, 9.17) is 30.5 Å². The van der Waals surface area contributed by atoms with Crippen LogP contribution in [-0.2, 0) is 11.2 Å². The van der Waals surface area contributed by atoms with Crippen molar-refractivity contribution >= 4 is 17.6 Å². The minimum absolute atomic E-state index is 0.0653. The van der Waals surface area contributed by atoms with Crippen molar-refractivity contribution in [3.63, 3.8) is 0 Å². The van der Waals surface area contributed by atoms with E-state index < -0.39 is 0 Å². The smallest absolute Gasteiger partial charge is 0.315 e. The maximum Gasteiger partial charge on any atom is 0.315 e. The molecule has 0 radical (unpaired) electrons. The maximum absolute atomic E-state index is 12.5. The van der Waals surface area contributed by atoms with Crippen molar-refractivity contribution < 1.29 is 23.7 Å². The van der Waals surface area contributed by atoms with Crippen molar-refractivity contribution in [3.05, 3.63) is 46.0 Å². The fourth-order valence-corrected chi connectivity index (χ4v) is 3.22. The van der Waals surface area contributed by atoms with E-state index in [0.29, 0.717) is 33.6 Å². The molecule has 27 heavy (non-hydrogen) atoms. The summed E-state index contributed by atoms with van der Waals surface area (Å²) in [6.07, 6.45) is 0.0653. The maximum atomic E-state index is 12.5. The number of carbonyl (C=O) groups is 1. The molecule has 0 fully saturated rings. The van der Waals surface area contributed by atoms with E-state index in [0.717, 1.165) is 11.1 Å². The van der Waals surface area contributed by atoms with Crippen LogP contribution in [-0.4, -0.2) is 27.3 Å². The van der Waals surface area contributed by atoms with E-state index >= 15 is 0 Å². The Morgan fingerprint density at radius 1 is 0.963 bits per heavy atom. The van der Waals surface area contributed by atoms with Gasteiger partial charge in [-0.25, -0.2) is 0 Å². The zero-order valence-electron chi connectivity index (χ0n) is 16.5. The number of esters is 1. The molecule has 0 saturated heterocycles. The van der Waals surface area contributed by atoms with Crippen LogP contribution in [0.5, 0.6) is 23.0 Å². The summed E-state index contributed by atoms with van der Waals surface area (Å²) in [5.41, 5.74) is 2.45. The van der Waals surface area contributed by atoms with Crippen LogP contribution in [0.2, 0.25) is 5.02 Å². The van der Waals surface area contributed by atoms with Crippen molar-refractivity contribution in [2.45, 2.75) is 33.1 Å². The molecular weight excluding hydrogens is 368 g/mol. The highest BCUT2D eigenvalue weighted by Gasteiger charge is 2.17. The second kappa shape index (κ2) is 9.00. The van der Waals surface area contributed by atoms with Crippen molar-refractivity contribution in [1.29, 1.82) is 0 Å². The van der Waals surface area contributed by atoms with Crippen molar-refractivity contribution in [2.75, 3.05) is 21.3 Å². The monoisotopic (exact) mass is 392 g/mol. The Morgan fingerprint density at radius 2 is 1.56 bits per heavy atom. The van der Waals surface area contributed by atoms with Crippen LogP contribution >= 0.6 is 11.6 Å². The lowest BCUT2D eigenvalue weighted by molar-refractivity contribution is -0.133. The van der Waals surface area contributed by atoms with Crippen LogP contribution in [0.25, 0.3) is 0 Å². The van der Waals surface area contributed by atoms with Gasteiger partial charge in [-0.3, -0.25) is 4.79 Å². The number of rotatable bonds is 7. The first kappa shape index (κ1) is 20.9. The first-order chi connectivity index (χ1) is 12.8. The molecule has 0 bridgehead atoms. The van der Waals surface area contributed by atoms with E-state index in [1.165, 1.54) is 21.3 Å². The normalized spacial score (nSPS) is 10.7. The lowest BCUT2D eigenvalue weighted by Crippen LogP contribution is -2.13. The minimum atomic E-state index is -0.385. The number of hydrogen-bond acceptors (Lipinski definition) is 5. The van der Waals surface area contributed by atoms with Gasteiger partial charge in [-0.15, -0.1) is 0 Å². The zero-order chi connectivity index (χ0) is 20.1. The fraction of sp³-hybridized carbons (Fsp3) is 0.381. The summed E-state index contributed by atoms with van der Waals surface area (Å²) < 4.78 is 21.5. The number of ether oxygens (including phenoxy) is 4. The molecule has 0 amide bonds. The van der Waals surface area contributed by atoms with E-state index in [2.05, 4.69) is 0 Å². The summed E-state index contributed by atoms with van der Waals surface area (Å²) in [4.78, 5) is 12.5. The van der Waals surface area contributed by atoms with Crippen molar-refractivity contribution in [1.82, 2.24) is 0 Å². The summed E-state index contributed by atoms with van der Waals surface area (Å²) in [5, 5.41) is 0.673. The minimum Gasteiger partial charge on any atom is -0.493 e. The number of methoxy groups -OCH3 is 3. The zero-order valence-corrected chi connectivity index (χ0v) is 17.3. The van der Waals surface area contributed by atoms with Crippen LogP contribution in [0.4, 0.5) is 0 Å². The lowest BCUT2D eigenvalue weighted by Gasteiger charge is -2.15. The van der Waals surface area contributed by atoms with Gasteiger partial charge in [0.2, 0.25) is 5.75 Å². The molecule has 0 heterocycles. The first-order valence-electron chi connectivity index (χ1n) is 8.60. The van der Waals surface area contributed by atoms with E-state index in [-0.39, 0.29) is 18.3 Å². The number of carbonyl (C=O) groups excluding carboxylic acids is 1. The molecule has 5 nitrogen and oxygen atoms in total. The molecule has 0 aromatic heterocycles. The molecule has 146 valence electrons. The van der Waals surface area contributed by atoms with Gasteiger partial charge >= 0.3 is 5.97 Å². The van der Waals surface area contributed by atoms with Gasteiger partial charge in [-0.05, 0) is 53.8 Å². The molecule has 0 aliphatic carbocycles. The Hall–Kier alpha value is -2.40. The van der Waals surface area contributed by atoms with Gasteiger partial charge in [0.25, 0.3) is 0 Å². The van der Waals surface area contributed by atoms with Crippen LogP contribution in [0.1, 0.15) is 36.5 Å². The molecule has 2 aromatic carbocycles. The Kier molecular flexibility index (Phi) is 6.97. The lowest BCUT2D eigenvalue weighted by atomic mass is 10.0. The van der Waals surface area contributed by atoms with E-state index in [1.807, 2.05) is 32.9 Å². The van der Waals surface area contributed by atoms with Crippen LogP contribution < -0.4 is 18.9 Å². The molecule has 0 aliphatic rings. The summed E-state index contributed by atoms with van der Waals surface area (Å²) in [7, 11) is 4.59. The number of aryl methyl sites for hydroxylation is 1. The average Bonchev–Trinajstić information content (AvgIpc) is 2.62. The van der Waals surface area contributed by atoms with E-state index in [1.54, 1.807) is 12.1 Å². The third-order valence-corrected chi connectivity index (χ3v) is 4.54. The Balaban J connectivity index is 2.25. The van der Waals surface area contributed by atoms with Gasteiger partial charge in [0, 0.05) is 5.02 Å². The number of halogens is 1. The highest BCUT2D eigenvalue weighted by molar-refractivity contribution is 6.31. The molecule has 0 spiro atoms. The first-order valence-corrected chi connectivity index (χ1v) is 8.98. The third-order valence-electron chi connectivity index (χ3n) is 4.21. The molecule has 0 saturated carbocycles. The summed E-state index contributed by atoms with van der Waals surface area (Å²) in [6.45, 7) is 5.94. The second-order valence-corrected chi connectivity index (χ2v) is 6.89. The van der Waals surface area contributed by atoms with Crippen LogP contribution in [0.3, 0.4) is 0 Å². The SMILES string of the molecule is COc1cc(CC(=O)Oc2cc(C(C)C)c(Cl)cc2C)cc(OC)c1OC. The van der Waals surface area contributed by atoms with Crippen molar-refractivity contribution in [2.24, 2.45) is 0 Å². The van der Waals surface area contributed by atoms with Gasteiger partial charge in [0.15, 0.2) is 11.5 Å². The quantitative estimate of drug-likeness (QED) is 0.493. The molecule has 0 aliphatic heterocycles. The number of hydrogen-bond donors (Lipinski definition) is 0. The molecule has 2 aromatic rings. The van der Waals surface area contributed by atoms with Crippen LogP contribution in [0, 0.1) is 6.92 Å². The number of benzene rings is 2. The summed E-state index contributed by atoms with van der Waals surface area (Å²) >= 11 is 6.28. The molecule has 0 unspecified atom stereocenters. The van der Waals surface area contributed by atoms with E-state index in [9.17, 15) is 4.79 Å². The third kappa shape index (κ3) is 4.86.